The molecular formula is C16H26N2. The predicted molar refractivity (Wildman–Crippen MR) is 78.9 cm³/mol. The molecule has 0 saturated heterocycles. The molecule has 0 aromatic heterocycles. The Morgan fingerprint density at radius 1 is 1.28 bits per heavy atom. The third kappa shape index (κ3) is 5.85. The molecule has 0 aliphatic carbocycles. The molecule has 100 valence electrons. The molecule has 0 spiro atoms. The maximum absolute atomic E-state index is 7.34. The highest BCUT2D eigenvalue weighted by Crippen LogP contribution is 2.22. The van der Waals surface area contributed by atoms with Crippen LogP contribution in [0.4, 0.5) is 0 Å². The first-order chi connectivity index (χ1) is 8.61. The van der Waals surface area contributed by atoms with E-state index in [-0.39, 0.29) is 0 Å². The molecule has 0 heterocycles. The summed E-state index contributed by atoms with van der Waals surface area (Å²) < 4.78 is 0. The second-order valence-electron chi connectivity index (χ2n) is 5.37. The van der Waals surface area contributed by atoms with Crippen molar-refractivity contribution in [3.05, 3.63) is 35.9 Å². The summed E-state index contributed by atoms with van der Waals surface area (Å²) in [6.07, 6.45) is 5.54. The van der Waals surface area contributed by atoms with E-state index in [9.17, 15) is 0 Å². The zero-order chi connectivity index (χ0) is 13.4. The van der Waals surface area contributed by atoms with Crippen LogP contribution < -0.4 is 5.73 Å². The van der Waals surface area contributed by atoms with Crippen LogP contribution in [0.3, 0.4) is 0 Å². The highest BCUT2D eigenvalue weighted by molar-refractivity contribution is 5.76. The van der Waals surface area contributed by atoms with E-state index in [0.717, 1.165) is 18.8 Å². The summed E-state index contributed by atoms with van der Waals surface area (Å²) in [6.45, 7) is 4.46. The summed E-state index contributed by atoms with van der Waals surface area (Å²) >= 11 is 0. The molecule has 3 N–H and O–H groups in total. The molecule has 1 aromatic carbocycles. The van der Waals surface area contributed by atoms with Crippen LogP contribution in [0.1, 0.15) is 45.1 Å². The lowest BCUT2D eigenvalue weighted by Gasteiger charge is -2.19. The molecule has 0 fully saturated rings. The lowest BCUT2D eigenvalue weighted by atomic mass is 9.87. The summed E-state index contributed by atoms with van der Waals surface area (Å²) in [5.41, 5.74) is 6.88. The van der Waals surface area contributed by atoms with Crippen molar-refractivity contribution in [1.29, 1.82) is 5.41 Å². The zero-order valence-corrected chi connectivity index (χ0v) is 11.7. The summed E-state index contributed by atoms with van der Waals surface area (Å²) in [5, 5.41) is 7.34. The Hall–Kier alpha value is -1.31. The molecule has 0 saturated carbocycles. The topological polar surface area (TPSA) is 49.9 Å². The third-order valence-electron chi connectivity index (χ3n) is 3.57. The average molecular weight is 246 g/mol. The highest BCUT2D eigenvalue weighted by Gasteiger charge is 2.12. The number of nitrogens with two attached hydrogens (primary N) is 1. The van der Waals surface area contributed by atoms with Gasteiger partial charge in [-0.15, -0.1) is 0 Å². The van der Waals surface area contributed by atoms with Gasteiger partial charge < -0.3 is 5.73 Å². The maximum Gasteiger partial charge on any atom is 0.0907 e. The number of hydrogen-bond acceptors (Lipinski definition) is 1. The van der Waals surface area contributed by atoms with Gasteiger partial charge in [0.1, 0.15) is 0 Å². The second-order valence-corrected chi connectivity index (χ2v) is 5.37. The van der Waals surface area contributed by atoms with Crippen LogP contribution in [-0.2, 0) is 6.42 Å². The van der Waals surface area contributed by atoms with E-state index >= 15 is 0 Å². The molecule has 2 heteroatoms. The van der Waals surface area contributed by atoms with E-state index in [1.54, 1.807) is 0 Å². The van der Waals surface area contributed by atoms with Gasteiger partial charge in [-0.3, -0.25) is 5.41 Å². The molecule has 0 amide bonds. The highest BCUT2D eigenvalue weighted by atomic mass is 14.7. The summed E-state index contributed by atoms with van der Waals surface area (Å²) in [7, 11) is 0. The van der Waals surface area contributed by atoms with Gasteiger partial charge in [0.25, 0.3) is 0 Å². The molecule has 0 bridgehead atoms. The SMILES string of the molecule is CCC(CCc1ccccc1)CC(C)CC(=N)N. The Labute approximate surface area is 111 Å². The quantitative estimate of drug-likeness (QED) is 0.528. The Bertz CT molecular complexity index is 345. The molecular weight excluding hydrogens is 220 g/mol. The van der Waals surface area contributed by atoms with Crippen molar-refractivity contribution in [2.75, 3.05) is 0 Å². The van der Waals surface area contributed by atoms with E-state index < -0.39 is 0 Å². The average Bonchev–Trinajstić information content (AvgIpc) is 2.34. The zero-order valence-electron chi connectivity index (χ0n) is 11.7. The lowest BCUT2D eigenvalue weighted by Crippen LogP contribution is -2.16. The van der Waals surface area contributed by atoms with Gasteiger partial charge in [-0.25, -0.2) is 0 Å². The minimum absolute atomic E-state index is 0.320. The van der Waals surface area contributed by atoms with E-state index in [4.69, 9.17) is 11.1 Å². The Morgan fingerprint density at radius 2 is 1.94 bits per heavy atom. The summed E-state index contributed by atoms with van der Waals surface area (Å²) in [4.78, 5) is 0. The first-order valence-corrected chi connectivity index (χ1v) is 6.98. The van der Waals surface area contributed by atoms with Crippen LogP contribution in [0.25, 0.3) is 0 Å². The van der Waals surface area contributed by atoms with Gasteiger partial charge >= 0.3 is 0 Å². The second kappa shape index (κ2) is 7.91. The van der Waals surface area contributed by atoms with Crippen molar-refractivity contribution in [3.63, 3.8) is 0 Å². The fourth-order valence-corrected chi connectivity index (χ4v) is 2.53. The van der Waals surface area contributed by atoms with E-state index in [1.807, 2.05) is 0 Å². The lowest BCUT2D eigenvalue weighted by molar-refractivity contribution is 0.365. The van der Waals surface area contributed by atoms with E-state index in [1.165, 1.54) is 24.8 Å². The van der Waals surface area contributed by atoms with Crippen molar-refractivity contribution in [2.24, 2.45) is 17.6 Å². The van der Waals surface area contributed by atoms with Crippen LogP contribution in [0.15, 0.2) is 30.3 Å². The molecule has 2 atom stereocenters. The fourth-order valence-electron chi connectivity index (χ4n) is 2.53. The fraction of sp³-hybridized carbons (Fsp3) is 0.562. The van der Waals surface area contributed by atoms with Crippen LogP contribution in [0, 0.1) is 17.2 Å². The number of nitrogens with one attached hydrogen (secondary N) is 1. The molecule has 1 rings (SSSR count). The van der Waals surface area contributed by atoms with Crippen LogP contribution >= 0.6 is 0 Å². The van der Waals surface area contributed by atoms with Gasteiger partial charge in [-0.05, 0) is 36.7 Å². The monoisotopic (exact) mass is 246 g/mol. The van der Waals surface area contributed by atoms with Crippen molar-refractivity contribution in [2.45, 2.75) is 46.0 Å². The Morgan fingerprint density at radius 3 is 2.50 bits per heavy atom. The van der Waals surface area contributed by atoms with Gasteiger partial charge in [0.2, 0.25) is 0 Å². The van der Waals surface area contributed by atoms with Gasteiger partial charge in [0.15, 0.2) is 0 Å². The smallest absolute Gasteiger partial charge is 0.0907 e. The molecule has 2 unspecified atom stereocenters. The summed E-state index contributed by atoms with van der Waals surface area (Å²) in [6, 6.07) is 10.7. The van der Waals surface area contributed by atoms with Crippen molar-refractivity contribution < 1.29 is 0 Å². The van der Waals surface area contributed by atoms with Gasteiger partial charge in [0.05, 0.1) is 5.84 Å². The number of rotatable bonds is 8. The minimum atomic E-state index is 0.320. The van der Waals surface area contributed by atoms with E-state index in [0.29, 0.717) is 11.8 Å². The molecule has 0 radical (unpaired) electrons. The van der Waals surface area contributed by atoms with Gasteiger partial charge in [0, 0.05) is 6.42 Å². The molecule has 2 nitrogen and oxygen atoms in total. The molecule has 0 aliphatic rings. The van der Waals surface area contributed by atoms with Crippen molar-refractivity contribution in [3.8, 4) is 0 Å². The maximum atomic E-state index is 7.34. The van der Waals surface area contributed by atoms with Gasteiger partial charge in [-0.1, -0.05) is 50.6 Å². The number of benzene rings is 1. The van der Waals surface area contributed by atoms with Crippen LogP contribution in [0.2, 0.25) is 0 Å². The molecule has 18 heavy (non-hydrogen) atoms. The predicted octanol–water partition coefficient (Wildman–Crippen LogP) is 4.00. The van der Waals surface area contributed by atoms with Crippen molar-refractivity contribution in [1.82, 2.24) is 0 Å². The normalized spacial score (nSPS) is 14.1. The van der Waals surface area contributed by atoms with Crippen molar-refractivity contribution >= 4 is 5.84 Å². The minimum Gasteiger partial charge on any atom is -0.388 e. The Balaban J connectivity index is 2.35. The first kappa shape index (κ1) is 14.7. The van der Waals surface area contributed by atoms with Gasteiger partial charge in [-0.2, -0.15) is 0 Å². The van der Waals surface area contributed by atoms with Crippen LogP contribution in [-0.4, -0.2) is 5.84 Å². The van der Waals surface area contributed by atoms with E-state index in [2.05, 4.69) is 44.2 Å². The molecule has 1 aromatic rings. The Kier molecular flexibility index (Phi) is 6.48. The third-order valence-corrected chi connectivity index (χ3v) is 3.57. The van der Waals surface area contributed by atoms with Crippen LogP contribution in [0.5, 0.6) is 0 Å². The first-order valence-electron chi connectivity index (χ1n) is 6.98. The number of hydrogen-bond donors (Lipinski definition) is 2. The largest absolute Gasteiger partial charge is 0.388 e. The number of aryl methyl sites for hydroxylation is 1. The standard InChI is InChI=1S/C16H26N2/c1-3-14(11-13(2)12-16(17)18)9-10-15-7-5-4-6-8-15/h4-8,13-14H,3,9-12H2,1-2H3,(H3,17,18). The summed E-state index contributed by atoms with van der Waals surface area (Å²) in [5.74, 6) is 1.60. The molecule has 0 aliphatic heterocycles. The number of amidine groups is 1.